The van der Waals surface area contributed by atoms with Crippen molar-refractivity contribution in [1.29, 1.82) is 0 Å². The van der Waals surface area contributed by atoms with Crippen LogP contribution in [-0.4, -0.2) is 36.7 Å². The Morgan fingerprint density at radius 3 is 2.53 bits per heavy atom. The molecule has 0 bridgehead atoms. The number of carboxylic acids is 1. The fourth-order valence-corrected chi connectivity index (χ4v) is 1.64. The lowest BCUT2D eigenvalue weighted by atomic mass is 10.1. The number of benzene rings is 1. The number of amides is 1. The van der Waals surface area contributed by atoms with E-state index >= 15 is 0 Å². The van der Waals surface area contributed by atoms with Gasteiger partial charge in [0.2, 0.25) is 5.91 Å². The zero-order valence-corrected chi connectivity index (χ0v) is 11.3. The highest BCUT2D eigenvalue weighted by Crippen LogP contribution is 2.10. The van der Waals surface area contributed by atoms with Crippen LogP contribution in [-0.2, 0) is 20.7 Å². The SMILES string of the molecule is COCC(NC(=O)CCc1ccc(Cl)cc1)C(=O)O. The van der Waals surface area contributed by atoms with Gasteiger partial charge < -0.3 is 15.2 Å². The van der Waals surface area contributed by atoms with Gasteiger partial charge in [-0.2, -0.15) is 0 Å². The average Bonchev–Trinajstić information content (AvgIpc) is 2.37. The number of carbonyl (C=O) groups excluding carboxylic acids is 1. The lowest BCUT2D eigenvalue weighted by Crippen LogP contribution is -2.43. The molecule has 0 aliphatic carbocycles. The first-order chi connectivity index (χ1) is 9.02. The van der Waals surface area contributed by atoms with E-state index in [1.165, 1.54) is 7.11 Å². The standard InChI is InChI=1S/C13H16ClNO4/c1-19-8-11(13(17)18)15-12(16)7-4-9-2-5-10(14)6-3-9/h2-3,5-6,11H,4,7-8H2,1H3,(H,15,16)(H,17,18). The van der Waals surface area contributed by atoms with E-state index in [0.717, 1.165) is 5.56 Å². The molecule has 0 aliphatic rings. The van der Waals surface area contributed by atoms with E-state index in [-0.39, 0.29) is 18.9 Å². The van der Waals surface area contributed by atoms with Crippen LogP contribution in [0.5, 0.6) is 0 Å². The zero-order chi connectivity index (χ0) is 14.3. The third-order valence-electron chi connectivity index (χ3n) is 2.52. The van der Waals surface area contributed by atoms with E-state index in [4.69, 9.17) is 21.4 Å². The minimum Gasteiger partial charge on any atom is -0.480 e. The largest absolute Gasteiger partial charge is 0.480 e. The van der Waals surface area contributed by atoms with Crippen molar-refractivity contribution in [3.05, 3.63) is 34.9 Å². The lowest BCUT2D eigenvalue weighted by molar-refractivity contribution is -0.143. The number of hydrogen-bond acceptors (Lipinski definition) is 3. The van der Waals surface area contributed by atoms with Crippen LogP contribution >= 0.6 is 11.6 Å². The number of nitrogens with one attached hydrogen (secondary N) is 1. The van der Waals surface area contributed by atoms with Crippen LogP contribution in [0, 0.1) is 0 Å². The number of halogens is 1. The van der Waals surface area contributed by atoms with Gasteiger partial charge in [-0.25, -0.2) is 4.79 Å². The maximum Gasteiger partial charge on any atom is 0.328 e. The second-order valence-corrected chi connectivity index (χ2v) is 4.48. The molecule has 1 unspecified atom stereocenters. The van der Waals surface area contributed by atoms with Gasteiger partial charge in [0.25, 0.3) is 0 Å². The molecule has 1 amide bonds. The molecule has 6 heteroatoms. The third kappa shape index (κ3) is 5.72. The predicted molar refractivity (Wildman–Crippen MR) is 71.2 cm³/mol. The first-order valence-electron chi connectivity index (χ1n) is 5.78. The van der Waals surface area contributed by atoms with Crippen LogP contribution in [0.2, 0.25) is 5.02 Å². The van der Waals surface area contributed by atoms with Gasteiger partial charge in [-0.05, 0) is 24.1 Å². The maximum absolute atomic E-state index is 11.6. The van der Waals surface area contributed by atoms with Crippen LogP contribution in [0.15, 0.2) is 24.3 Å². The molecule has 104 valence electrons. The third-order valence-corrected chi connectivity index (χ3v) is 2.77. The van der Waals surface area contributed by atoms with Crippen molar-refractivity contribution in [2.45, 2.75) is 18.9 Å². The van der Waals surface area contributed by atoms with Gasteiger partial charge in [0.05, 0.1) is 6.61 Å². The van der Waals surface area contributed by atoms with Crippen molar-refractivity contribution in [1.82, 2.24) is 5.32 Å². The molecule has 2 N–H and O–H groups in total. The molecule has 0 aliphatic heterocycles. The number of methoxy groups -OCH3 is 1. The molecule has 0 spiro atoms. The van der Waals surface area contributed by atoms with Gasteiger partial charge in [-0.1, -0.05) is 23.7 Å². The molecule has 0 saturated heterocycles. The molecular weight excluding hydrogens is 270 g/mol. The summed E-state index contributed by atoms with van der Waals surface area (Å²) in [5.74, 6) is -1.43. The van der Waals surface area contributed by atoms with Crippen molar-refractivity contribution >= 4 is 23.5 Å². The molecule has 1 rings (SSSR count). The number of hydrogen-bond donors (Lipinski definition) is 2. The number of ether oxygens (including phenoxy) is 1. The number of aryl methyl sites for hydroxylation is 1. The Bertz CT molecular complexity index is 433. The molecule has 1 aromatic carbocycles. The van der Waals surface area contributed by atoms with Crippen molar-refractivity contribution in [2.75, 3.05) is 13.7 Å². The number of aliphatic carboxylic acids is 1. The highest BCUT2D eigenvalue weighted by Gasteiger charge is 2.19. The first-order valence-corrected chi connectivity index (χ1v) is 6.16. The lowest BCUT2D eigenvalue weighted by Gasteiger charge is -2.13. The van der Waals surface area contributed by atoms with E-state index in [9.17, 15) is 9.59 Å². The summed E-state index contributed by atoms with van der Waals surface area (Å²) in [4.78, 5) is 22.4. The van der Waals surface area contributed by atoms with Crippen molar-refractivity contribution in [3.63, 3.8) is 0 Å². The molecule has 5 nitrogen and oxygen atoms in total. The van der Waals surface area contributed by atoms with Crippen LogP contribution in [0.1, 0.15) is 12.0 Å². The molecule has 0 fully saturated rings. The van der Waals surface area contributed by atoms with Gasteiger partial charge in [0.1, 0.15) is 0 Å². The second kappa shape index (κ2) is 7.76. The average molecular weight is 286 g/mol. The molecule has 1 aromatic rings. The van der Waals surface area contributed by atoms with Gasteiger partial charge in [0.15, 0.2) is 6.04 Å². The van der Waals surface area contributed by atoms with Crippen LogP contribution in [0.25, 0.3) is 0 Å². The number of rotatable bonds is 7. The second-order valence-electron chi connectivity index (χ2n) is 4.04. The summed E-state index contributed by atoms with van der Waals surface area (Å²) in [5, 5.41) is 11.9. The summed E-state index contributed by atoms with van der Waals surface area (Å²) >= 11 is 5.75. The minimum atomic E-state index is -1.11. The monoisotopic (exact) mass is 285 g/mol. The topological polar surface area (TPSA) is 75.6 Å². The highest BCUT2D eigenvalue weighted by molar-refractivity contribution is 6.30. The summed E-state index contributed by atoms with van der Waals surface area (Å²) in [6.45, 7) is -0.0536. The van der Waals surface area contributed by atoms with E-state index < -0.39 is 12.0 Å². The fourth-order valence-electron chi connectivity index (χ4n) is 1.52. The van der Waals surface area contributed by atoms with Crippen LogP contribution in [0.4, 0.5) is 0 Å². The molecule has 19 heavy (non-hydrogen) atoms. The molecule has 0 radical (unpaired) electrons. The summed E-state index contributed by atoms with van der Waals surface area (Å²) in [6.07, 6.45) is 0.747. The fraction of sp³-hybridized carbons (Fsp3) is 0.385. The van der Waals surface area contributed by atoms with Crippen molar-refractivity contribution in [2.24, 2.45) is 0 Å². The molecule has 1 atom stereocenters. The summed E-state index contributed by atoms with van der Waals surface area (Å²) in [5.41, 5.74) is 0.971. The zero-order valence-electron chi connectivity index (χ0n) is 10.6. The summed E-state index contributed by atoms with van der Waals surface area (Å²) < 4.78 is 4.73. The molecule has 0 saturated carbocycles. The highest BCUT2D eigenvalue weighted by atomic mass is 35.5. The Balaban J connectivity index is 2.42. The summed E-state index contributed by atoms with van der Waals surface area (Å²) in [7, 11) is 1.38. The smallest absolute Gasteiger partial charge is 0.328 e. The quantitative estimate of drug-likeness (QED) is 0.796. The van der Waals surface area contributed by atoms with Gasteiger partial charge in [-0.15, -0.1) is 0 Å². The van der Waals surface area contributed by atoms with Crippen molar-refractivity contribution in [3.8, 4) is 0 Å². The first kappa shape index (κ1) is 15.5. The van der Waals surface area contributed by atoms with E-state index in [0.29, 0.717) is 11.4 Å². The molecular formula is C13H16ClNO4. The summed E-state index contributed by atoms with van der Waals surface area (Å²) in [6, 6.07) is 6.15. The molecule has 0 aromatic heterocycles. The van der Waals surface area contributed by atoms with Crippen molar-refractivity contribution < 1.29 is 19.4 Å². The van der Waals surface area contributed by atoms with Gasteiger partial charge in [-0.3, -0.25) is 4.79 Å². The maximum atomic E-state index is 11.6. The van der Waals surface area contributed by atoms with E-state index in [1.54, 1.807) is 12.1 Å². The van der Waals surface area contributed by atoms with E-state index in [2.05, 4.69) is 5.32 Å². The Morgan fingerprint density at radius 2 is 2.00 bits per heavy atom. The van der Waals surface area contributed by atoms with Crippen LogP contribution < -0.4 is 5.32 Å². The Kier molecular flexibility index (Phi) is 6.32. The normalized spacial score (nSPS) is 11.9. The van der Waals surface area contributed by atoms with Gasteiger partial charge >= 0.3 is 5.97 Å². The Labute approximate surface area is 116 Å². The minimum absolute atomic E-state index is 0.0536. The molecule has 0 heterocycles. The van der Waals surface area contributed by atoms with Crippen LogP contribution in [0.3, 0.4) is 0 Å². The Hall–Kier alpha value is -1.59. The van der Waals surface area contributed by atoms with Gasteiger partial charge in [0, 0.05) is 18.6 Å². The number of carbonyl (C=O) groups is 2. The van der Waals surface area contributed by atoms with E-state index in [1.807, 2.05) is 12.1 Å². The number of carboxylic acid groups (broad SMARTS) is 1. The predicted octanol–water partition coefficient (Wildman–Crippen LogP) is 1.49. The Morgan fingerprint density at radius 1 is 1.37 bits per heavy atom.